The van der Waals surface area contributed by atoms with Crippen LogP contribution in [0.15, 0.2) is 36.5 Å². The van der Waals surface area contributed by atoms with E-state index in [0.717, 1.165) is 5.56 Å². The van der Waals surface area contributed by atoms with Crippen molar-refractivity contribution < 1.29 is 19.1 Å². The lowest BCUT2D eigenvalue weighted by Crippen LogP contribution is -2.41. The van der Waals surface area contributed by atoms with E-state index < -0.39 is 0 Å². The molecule has 2 amide bonds. The molecule has 26 heavy (non-hydrogen) atoms. The van der Waals surface area contributed by atoms with Crippen LogP contribution in [0, 0.1) is 0 Å². The van der Waals surface area contributed by atoms with Gasteiger partial charge in [0.15, 0.2) is 11.5 Å². The van der Waals surface area contributed by atoms with E-state index >= 15 is 0 Å². The Balaban J connectivity index is 1.64. The van der Waals surface area contributed by atoms with Gasteiger partial charge in [0, 0.05) is 23.8 Å². The first-order valence-electron chi connectivity index (χ1n) is 8.27. The molecule has 7 nitrogen and oxygen atoms in total. The van der Waals surface area contributed by atoms with Gasteiger partial charge in [-0.25, -0.2) is 0 Å². The van der Waals surface area contributed by atoms with Gasteiger partial charge in [0.25, 0.3) is 11.8 Å². The van der Waals surface area contributed by atoms with Gasteiger partial charge in [0.05, 0.1) is 0 Å². The lowest BCUT2D eigenvalue weighted by molar-refractivity contribution is 0.0914. The molecule has 0 fully saturated rings. The van der Waals surface area contributed by atoms with Crippen molar-refractivity contribution in [3.05, 3.63) is 53.3 Å². The van der Waals surface area contributed by atoms with Crippen molar-refractivity contribution in [2.75, 3.05) is 6.79 Å². The highest BCUT2D eigenvalue weighted by atomic mass is 16.7. The number of rotatable bonds is 4. The fourth-order valence-electron chi connectivity index (χ4n) is 2.44. The van der Waals surface area contributed by atoms with Crippen molar-refractivity contribution in [1.82, 2.24) is 15.6 Å². The van der Waals surface area contributed by atoms with Gasteiger partial charge in [-0.15, -0.1) is 0 Å². The molecule has 0 bridgehead atoms. The van der Waals surface area contributed by atoms with Crippen LogP contribution in [-0.2, 0) is 6.54 Å². The first-order valence-corrected chi connectivity index (χ1v) is 8.27. The predicted molar refractivity (Wildman–Crippen MR) is 95.2 cm³/mol. The Morgan fingerprint density at radius 2 is 1.85 bits per heavy atom. The van der Waals surface area contributed by atoms with E-state index in [-0.39, 0.29) is 29.8 Å². The van der Waals surface area contributed by atoms with E-state index in [9.17, 15) is 9.59 Å². The number of hydrogen-bond donors (Lipinski definition) is 2. The van der Waals surface area contributed by atoms with Crippen LogP contribution in [0.25, 0.3) is 0 Å². The SMILES string of the molecule is CC(C)(C)NC(=O)c1cc(C(=O)NCc2ccc3c(c2)OCO3)ccn1. The number of carbonyl (C=O) groups is 2. The fourth-order valence-corrected chi connectivity index (χ4v) is 2.44. The molecule has 0 radical (unpaired) electrons. The van der Waals surface area contributed by atoms with Crippen LogP contribution in [0.4, 0.5) is 0 Å². The van der Waals surface area contributed by atoms with Gasteiger partial charge in [-0.3, -0.25) is 14.6 Å². The van der Waals surface area contributed by atoms with Gasteiger partial charge in [-0.2, -0.15) is 0 Å². The Kier molecular flexibility index (Phi) is 4.79. The number of nitrogens with one attached hydrogen (secondary N) is 2. The van der Waals surface area contributed by atoms with Crippen LogP contribution in [0.1, 0.15) is 47.2 Å². The summed E-state index contributed by atoms with van der Waals surface area (Å²) in [5, 5.41) is 5.65. The van der Waals surface area contributed by atoms with Crippen LogP contribution < -0.4 is 20.1 Å². The lowest BCUT2D eigenvalue weighted by atomic mass is 10.1. The second kappa shape index (κ2) is 7.03. The zero-order chi connectivity index (χ0) is 18.7. The standard InChI is InChI=1S/C19H21N3O4/c1-19(2,3)22-18(24)14-9-13(6-7-20-14)17(23)21-10-12-4-5-15-16(8-12)26-11-25-15/h4-9H,10-11H2,1-3H3,(H,21,23)(H,22,24). The Labute approximate surface area is 151 Å². The van der Waals surface area contributed by atoms with Crippen molar-refractivity contribution in [3.8, 4) is 11.5 Å². The molecule has 0 spiro atoms. The quantitative estimate of drug-likeness (QED) is 0.878. The molecule has 0 atom stereocenters. The van der Waals surface area contributed by atoms with Gasteiger partial charge in [0.2, 0.25) is 6.79 Å². The van der Waals surface area contributed by atoms with E-state index in [1.54, 1.807) is 6.07 Å². The maximum atomic E-state index is 12.4. The Bertz CT molecular complexity index is 843. The van der Waals surface area contributed by atoms with Gasteiger partial charge >= 0.3 is 0 Å². The van der Waals surface area contributed by atoms with E-state index in [4.69, 9.17) is 9.47 Å². The topological polar surface area (TPSA) is 89.6 Å². The van der Waals surface area contributed by atoms with Crippen LogP contribution >= 0.6 is 0 Å². The normalized spacial score (nSPS) is 12.6. The molecule has 0 saturated heterocycles. The number of nitrogens with zero attached hydrogens (tertiary/aromatic N) is 1. The third kappa shape index (κ3) is 4.30. The summed E-state index contributed by atoms with van der Waals surface area (Å²) in [6, 6.07) is 8.56. The molecule has 1 aliphatic heterocycles. The maximum absolute atomic E-state index is 12.4. The smallest absolute Gasteiger partial charge is 0.270 e. The number of carbonyl (C=O) groups excluding carboxylic acids is 2. The molecule has 1 aromatic carbocycles. The minimum atomic E-state index is -0.379. The number of pyridine rings is 1. The summed E-state index contributed by atoms with van der Waals surface area (Å²) in [4.78, 5) is 28.6. The largest absolute Gasteiger partial charge is 0.454 e. The number of hydrogen-bond acceptors (Lipinski definition) is 5. The molecular weight excluding hydrogens is 334 g/mol. The minimum absolute atomic E-state index is 0.204. The van der Waals surface area contributed by atoms with Crippen LogP contribution in [0.3, 0.4) is 0 Å². The minimum Gasteiger partial charge on any atom is -0.454 e. The highest BCUT2D eigenvalue weighted by Gasteiger charge is 2.18. The van der Waals surface area contributed by atoms with Gasteiger partial charge in [0.1, 0.15) is 5.69 Å². The fraction of sp³-hybridized carbons (Fsp3) is 0.316. The highest BCUT2D eigenvalue weighted by Crippen LogP contribution is 2.32. The van der Waals surface area contributed by atoms with Crippen molar-refractivity contribution in [2.24, 2.45) is 0 Å². The maximum Gasteiger partial charge on any atom is 0.270 e. The third-order valence-electron chi connectivity index (χ3n) is 3.63. The van der Waals surface area contributed by atoms with E-state index in [1.165, 1.54) is 12.3 Å². The summed E-state index contributed by atoms with van der Waals surface area (Å²) < 4.78 is 10.6. The van der Waals surface area contributed by atoms with Crippen molar-refractivity contribution in [1.29, 1.82) is 0 Å². The monoisotopic (exact) mass is 355 g/mol. The molecule has 0 unspecified atom stereocenters. The Morgan fingerprint density at radius 3 is 2.62 bits per heavy atom. The zero-order valence-corrected chi connectivity index (χ0v) is 15.0. The van der Waals surface area contributed by atoms with E-state index in [1.807, 2.05) is 39.0 Å². The summed E-state index contributed by atoms with van der Waals surface area (Å²) in [7, 11) is 0. The number of benzene rings is 1. The lowest BCUT2D eigenvalue weighted by Gasteiger charge is -2.20. The van der Waals surface area contributed by atoms with Gasteiger partial charge in [-0.1, -0.05) is 6.07 Å². The van der Waals surface area contributed by atoms with Crippen molar-refractivity contribution in [2.45, 2.75) is 32.9 Å². The average molecular weight is 355 g/mol. The number of fused-ring (bicyclic) bond motifs is 1. The Hall–Kier alpha value is -3.09. The summed E-state index contributed by atoms with van der Waals surface area (Å²) >= 11 is 0. The zero-order valence-electron chi connectivity index (χ0n) is 15.0. The summed E-state index contributed by atoms with van der Waals surface area (Å²) in [6.07, 6.45) is 1.45. The molecule has 3 rings (SSSR count). The number of ether oxygens (including phenoxy) is 2. The van der Waals surface area contributed by atoms with Crippen LogP contribution in [0.5, 0.6) is 11.5 Å². The first kappa shape index (κ1) is 17.7. The molecule has 7 heteroatoms. The second-order valence-corrected chi connectivity index (χ2v) is 7.00. The molecule has 0 saturated carbocycles. The molecule has 2 aromatic rings. The molecule has 2 heterocycles. The molecule has 1 aliphatic rings. The highest BCUT2D eigenvalue weighted by molar-refractivity contribution is 5.98. The summed E-state index contributed by atoms with van der Waals surface area (Å²) in [5.74, 6) is 0.767. The van der Waals surface area contributed by atoms with Crippen LogP contribution in [0.2, 0.25) is 0 Å². The molecule has 2 N–H and O–H groups in total. The predicted octanol–water partition coefficient (Wildman–Crippen LogP) is 2.27. The molecule has 1 aromatic heterocycles. The first-order chi connectivity index (χ1) is 12.3. The number of amides is 2. The molecule has 0 aliphatic carbocycles. The molecular formula is C19H21N3O4. The van der Waals surface area contributed by atoms with Gasteiger partial charge in [-0.05, 0) is 50.6 Å². The van der Waals surface area contributed by atoms with E-state index in [2.05, 4.69) is 15.6 Å². The number of aromatic nitrogens is 1. The second-order valence-electron chi connectivity index (χ2n) is 7.00. The third-order valence-corrected chi connectivity index (χ3v) is 3.63. The Morgan fingerprint density at radius 1 is 1.08 bits per heavy atom. The van der Waals surface area contributed by atoms with Gasteiger partial charge < -0.3 is 20.1 Å². The molecule has 136 valence electrons. The van der Waals surface area contributed by atoms with Crippen molar-refractivity contribution in [3.63, 3.8) is 0 Å². The summed E-state index contributed by atoms with van der Waals surface area (Å²) in [6.45, 7) is 6.19. The van der Waals surface area contributed by atoms with Crippen LogP contribution in [-0.4, -0.2) is 29.1 Å². The summed E-state index contributed by atoms with van der Waals surface area (Å²) in [5.41, 5.74) is 1.09. The van der Waals surface area contributed by atoms with E-state index in [0.29, 0.717) is 23.6 Å². The van der Waals surface area contributed by atoms with Crippen molar-refractivity contribution >= 4 is 11.8 Å². The average Bonchev–Trinajstić information content (AvgIpc) is 3.06.